The number of ether oxygens (including phenoxy) is 2. The Bertz CT molecular complexity index is 601. The van der Waals surface area contributed by atoms with Crippen LogP contribution in [0.4, 0.5) is 5.69 Å². The van der Waals surface area contributed by atoms with Crippen molar-refractivity contribution in [3.8, 4) is 11.5 Å². The van der Waals surface area contributed by atoms with E-state index in [9.17, 15) is 0 Å². The van der Waals surface area contributed by atoms with E-state index in [4.69, 9.17) is 21.1 Å². The Kier molecular flexibility index (Phi) is 6.41. The van der Waals surface area contributed by atoms with Gasteiger partial charge in [0.1, 0.15) is 18.1 Å². The molecule has 118 valence electrons. The summed E-state index contributed by atoms with van der Waals surface area (Å²) in [6.07, 6.45) is 1.01. The van der Waals surface area contributed by atoms with E-state index < -0.39 is 0 Å². The molecule has 1 N–H and O–H groups in total. The van der Waals surface area contributed by atoms with Gasteiger partial charge in [0.05, 0.1) is 6.61 Å². The van der Waals surface area contributed by atoms with Crippen molar-refractivity contribution < 1.29 is 9.47 Å². The molecule has 0 aliphatic heterocycles. The molecule has 0 aliphatic rings. The normalized spacial score (nSPS) is 10.3. The summed E-state index contributed by atoms with van der Waals surface area (Å²) in [4.78, 5) is 0. The van der Waals surface area contributed by atoms with E-state index in [-0.39, 0.29) is 0 Å². The fraction of sp³-hybridized carbons (Fsp3) is 0.333. The first-order valence-corrected chi connectivity index (χ1v) is 7.92. The van der Waals surface area contributed by atoms with Gasteiger partial charge in [0.15, 0.2) is 0 Å². The van der Waals surface area contributed by atoms with E-state index >= 15 is 0 Å². The highest BCUT2D eigenvalue weighted by Gasteiger charge is 1.99. The lowest BCUT2D eigenvalue weighted by molar-refractivity contribution is 0.317. The molecule has 0 aromatic heterocycles. The first-order valence-electron chi connectivity index (χ1n) is 7.54. The van der Waals surface area contributed by atoms with Gasteiger partial charge in [-0.15, -0.1) is 0 Å². The van der Waals surface area contributed by atoms with Crippen molar-refractivity contribution in [2.24, 2.45) is 0 Å². The fourth-order valence-electron chi connectivity index (χ4n) is 1.99. The molecule has 0 unspecified atom stereocenters. The monoisotopic (exact) mass is 319 g/mol. The van der Waals surface area contributed by atoms with Crippen molar-refractivity contribution in [3.63, 3.8) is 0 Å². The molecular weight excluding hydrogens is 298 g/mol. The molecule has 2 aromatic carbocycles. The van der Waals surface area contributed by atoms with E-state index in [2.05, 4.69) is 12.2 Å². The minimum Gasteiger partial charge on any atom is -0.494 e. The number of hydrogen-bond acceptors (Lipinski definition) is 3. The highest BCUT2D eigenvalue weighted by molar-refractivity contribution is 6.31. The Balaban J connectivity index is 1.77. The van der Waals surface area contributed by atoms with Crippen LogP contribution in [0, 0.1) is 6.92 Å². The summed E-state index contributed by atoms with van der Waals surface area (Å²) < 4.78 is 11.3. The Labute approximate surface area is 137 Å². The van der Waals surface area contributed by atoms with Crippen LogP contribution >= 0.6 is 11.6 Å². The zero-order valence-electron chi connectivity index (χ0n) is 13.1. The van der Waals surface area contributed by atoms with Crippen LogP contribution in [0.15, 0.2) is 42.5 Å². The van der Waals surface area contributed by atoms with E-state index in [1.54, 1.807) is 0 Å². The molecule has 0 spiro atoms. The summed E-state index contributed by atoms with van der Waals surface area (Å²) in [6, 6.07) is 13.7. The first kappa shape index (κ1) is 16.5. The van der Waals surface area contributed by atoms with E-state index in [1.165, 1.54) is 0 Å². The average molecular weight is 320 g/mol. The number of halogens is 1. The molecule has 0 heterocycles. The van der Waals surface area contributed by atoms with Crippen molar-refractivity contribution in [2.45, 2.75) is 20.3 Å². The number of rotatable bonds is 8. The van der Waals surface area contributed by atoms with Crippen LogP contribution in [0.1, 0.15) is 18.9 Å². The Hall–Kier alpha value is -1.87. The minimum absolute atomic E-state index is 0.584. The van der Waals surface area contributed by atoms with Crippen molar-refractivity contribution in [1.29, 1.82) is 0 Å². The summed E-state index contributed by atoms with van der Waals surface area (Å²) in [7, 11) is 0. The van der Waals surface area contributed by atoms with Crippen LogP contribution in [0.25, 0.3) is 0 Å². The smallest absolute Gasteiger partial charge is 0.121 e. The van der Waals surface area contributed by atoms with Gasteiger partial charge in [0, 0.05) is 23.3 Å². The maximum Gasteiger partial charge on any atom is 0.121 e. The second kappa shape index (κ2) is 8.54. The number of hydrogen-bond donors (Lipinski definition) is 1. The average Bonchev–Trinajstić information content (AvgIpc) is 2.53. The third-order valence-electron chi connectivity index (χ3n) is 3.14. The molecule has 0 atom stereocenters. The maximum absolute atomic E-state index is 5.99. The quantitative estimate of drug-likeness (QED) is 0.700. The topological polar surface area (TPSA) is 30.5 Å². The van der Waals surface area contributed by atoms with Gasteiger partial charge in [-0.3, -0.25) is 0 Å². The lowest BCUT2D eigenvalue weighted by Crippen LogP contribution is -2.11. The van der Waals surface area contributed by atoms with Gasteiger partial charge in [-0.25, -0.2) is 0 Å². The van der Waals surface area contributed by atoms with Crippen LogP contribution in [-0.2, 0) is 0 Å². The molecule has 0 saturated heterocycles. The molecular formula is C18H22ClNO2. The zero-order valence-corrected chi connectivity index (χ0v) is 13.8. The largest absolute Gasteiger partial charge is 0.494 e. The van der Waals surface area contributed by atoms with Crippen molar-refractivity contribution in [2.75, 3.05) is 25.1 Å². The molecule has 22 heavy (non-hydrogen) atoms. The number of benzene rings is 2. The van der Waals surface area contributed by atoms with Gasteiger partial charge in [0.25, 0.3) is 0 Å². The van der Waals surface area contributed by atoms with Crippen molar-refractivity contribution >= 4 is 17.3 Å². The third kappa shape index (κ3) is 5.15. The van der Waals surface area contributed by atoms with E-state index in [1.807, 2.05) is 49.4 Å². The van der Waals surface area contributed by atoms with Gasteiger partial charge >= 0.3 is 0 Å². The molecule has 0 amide bonds. The van der Waals surface area contributed by atoms with E-state index in [0.717, 1.165) is 47.3 Å². The van der Waals surface area contributed by atoms with Gasteiger partial charge in [-0.1, -0.05) is 24.6 Å². The molecule has 2 aromatic rings. The Morgan fingerprint density at radius 2 is 1.77 bits per heavy atom. The maximum atomic E-state index is 5.99. The van der Waals surface area contributed by atoms with Crippen molar-refractivity contribution in [3.05, 3.63) is 53.1 Å². The van der Waals surface area contributed by atoms with Crippen LogP contribution in [-0.4, -0.2) is 19.8 Å². The van der Waals surface area contributed by atoms with Crippen molar-refractivity contribution in [1.82, 2.24) is 0 Å². The van der Waals surface area contributed by atoms with Crippen LogP contribution in [0.3, 0.4) is 0 Å². The first-order chi connectivity index (χ1) is 10.7. The zero-order chi connectivity index (χ0) is 15.8. The van der Waals surface area contributed by atoms with Gasteiger partial charge < -0.3 is 14.8 Å². The second-order valence-electron chi connectivity index (χ2n) is 5.06. The number of aryl methyl sites for hydroxylation is 1. The second-order valence-corrected chi connectivity index (χ2v) is 5.47. The van der Waals surface area contributed by atoms with Crippen LogP contribution in [0.2, 0.25) is 5.02 Å². The summed E-state index contributed by atoms with van der Waals surface area (Å²) in [5.41, 5.74) is 2.05. The molecule has 0 radical (unpaired) electrons. The lowest BCUT2D eigenvalue weighted by Gasteiger charge is -2.11. The van der Waals surface area contributed by atoms with E-state index in [0.29, 0.717) is 6.61 Å². The number of nitrogens with one attached hydrogen (secondary N) is 1. The van der Waals surface area contributed by atoms with Gasteiger partial charge in [-0.2, -0.15) is 0 Å². The predicted octanol–water partition coefficient (Wildman–Crippen LogP) is 4.93. The molecule has 0 fully saturated rings. The Morgan fingerprint density at radius 1 is 1.00 bits per heavy atom. The molecule has 4 heteroatoms. The lowest BCUT2D eigenvalue weighted by atomic mass is 10.2. The third-order valence-corrected chi connectivity index (χ3v) is 3.56. The van der Waals surface area contributed by atoms with Crippen LogP contribution < -0.4 is 14.8 Å². The molecule has 0 saturated carbocycles. The van der Waals surface area contributed by atoms with Gasteiger partial charge in [0.2, 0.25) is 0 Å². The standard InChI is InChI=1S/C18H22ClNO2/c1-3-10-21-16-6-4-5-15(13-16)20-9-11-22-17-7-8-18(19)14(2)12-17/h4-8,12-13,20H,3,9-11H2,1-2H3. The predicted molar refractivity (Wildman–Crippen MR) is 92.4 cm³/mol. The van der Waals surface area contributed by atoms with Crippen LogP contribution in [0.5, 0.6) is 11.5 Å². The molecule has 0 bridgehead atoms. The summed E-state index contributed by atoms with van der Waals surface area (Å²) in [5, 5.41) is 4.09. The highest BCUT2D eigenvalue weighted by Crippen LogP contribution is 2.21. The summed E-state index contributed by atoms with van der Waals surface area (Å²) in [5.74, 6) is 1.73. The summed E-state index contributed by atoms with van der Waals surface area (Å²) in [6.45, 7) is 6.11. The molecule has 3 nitrogen and oxygen atoms in total. The molecule has 0 aliphatic carbocycles. The SMILES string of the molecule is CCCOc1cccc(NCCOc2ccc(Cl)c(C)c2)c1. The summed E-state index contributed by atoms with van der Waals surface area (Å²) >= 11 is 5.99. The number of anilines is 1. The molecule has 2 rings (SSSR count). The highest BCUT2D eigenvalue weighted by atomic mass is 35.5. The Morgan fingerprint density at radius 3 is 2.55 bits per heavy atom. The minimum atomic E-state index is 0.584. The fourth-order valence-corrected chi connectivity index (χ4v) is 2.10. The van der Waals surface area contributed by atoms with Gasteiger partial charge in [-0.05, 0) is 49.2 Å².